The van der Waals surface area contributed by atoms with Gasteiger partial charge in [-0.3, -0.25) is 0 Å². The van der Waals surface area contributed by atoms with Gasteiger partial charge in [0.15, 0.2) is 0 Å². The lowest BCUT2D eigenvalue weighted by Gasteiger charge is -1.98. The van der Waals surface area contributed by atoms with Crippen LogP contribution in [0.4, 0.5) is 8.78 Å². The highest BCUT2D eigenvalue weighted by molar-refractivity contribution is 5.05. The van der Waals surface area contributed by atoms with E-state index in [9.17, 15) is 8.78 Å². The fourth-order valence-corrected chi connectivity index (χ4v) is 0.745. The van der Waals surface area contributed by atoms with Crippen LogP contribution in [0.25, 0.3) is 0 Å². The third-order valence-electron chi connectivity index (χ3n) is 1.32. The predicted octanol–water partition coefficient (Wildman–Crippen LogP) is 1.37. The van der Waals surface area contributed by atoms with Crippen LogP contribution < -0.4 is 0 Å². The van der Waals surface area contributed by atoms with Gasteiger partial charge >= 0.3 is 6.61 Å². The van der Waals surface area contributed by atoms with Crippen molar-refractivity contribution >= 4 is 0 Å². The van der Waals surface area contributed by atoms with Crippen molar-refractivity contribution in [2.24, 2.45) is 0 Å². The summed E-state index contributed by atoms with van der Waals surface area (Å²) in [5.74, 6) is 0. The zero-order valence-corrected chi connectivity index (χ0v) is 6.46. The molecule has 0 amide bonds. The Bertz CT molecular complexity index is 239. The lowest BCUT2D eigenvalue weighted by molar-refractivity contribution is -0.138. The molecule has 0 bridgehead atoms. The molecule has 0 aliphatic rings. The second kappa shape index (κ2) is 4.10. The van der Waals surface area contributed by atoms with Crippen molar-refractivity contribution in [2.45, 2.75) is 26.6 Å². The molecule has 4 nitrogen and oxygen atoms in total. The Balaban J connectivity index is 2.50. The second-order valence-corrected chi connectivity index (χ2v) is 2.08. The topological polar surface area (TPSA) is 48.2 Å². The molecule has 0 unspecified atom stereocenters. The summed E-state index contributed by atoms with van der Waals surface area (Å²) < 4.78 is 31.5. The molecular formula is C6H8F2N2O2. The minimum Gasteiger partial charge on any atom is -0.316 e. The zero-order chi connectivity index (χ0) is 8.97. The van der Waals surface area contributed by atoms with Crippen LogP contribution >= 0.6 is 0 Å². The first-order valence-corrected chi connectivity index (χ1v) is 3.44. The van der Waals surface area contributed by atoms with Gasteiger partial charge in [0.1, 0.15) is 18.0 Å². The minimum atomic E-state index is -2.79. The average molecular weight is 178 g/mol. The first kappa shape index (κ1) is 9.05. The number of halogens is 2. The Morgan fingerprint density at radius 1 is 1.42 bits per heavy atom. The summed E-state index contributed by atoms with van der Waals surface area (Å²) in [6.45, 7) is -1.22. The van der Waals surface area contributed by atoms with E-state index in [2.05, 4.69) is 19.7 Å². The number of rotatable bonds is 4. The number of alkyl halides is 2. The molecule has 12 heavy (non-hydrogen) atoms. The first-order valence-electron chi connectivity index (χ1n) is 3.44. The SMILES string of the molecule is CCc1nonc1COC(F)F. The van der Waals surface area contributed by atoms with E-state index < -0.39 is 6.61 Å². The normalized spacial score (nSPS) is 11.0. The summed E-state index contributed by atoms with van der Waals surface area (Å²) in [6, 6.07) is 0. The van der Waals surface area contributed by atoms with Crippen LogP contribution in [0.2, 0.25) is 0 Å². The fraction of sp³-hybridized carbons (Fsp3) is 0.667. The van der Waals surface area contributed by atoms with Crippen molar-refractivity contribution in [2.75, 3.05) is 0 Å². The van der Waals surface area contributed by atoms with Gasteiger partial charge in [0.05, 0.1) is 0 Å². The lowest BCUT2D eigenvalue weighted by Crippen LogP contribution is -2.01. The van der Waals surface area contributed by atoms with E-state index in [1.807, 2.05) is 6.92 Å². The lowest BCUT2D eigenvalue weighted by atomic mass is 10.3. The van der Waals surface area contributed by atoms with E-state index in [1.165, 1.54) is 0 Å². The molecule has 6 heteroatoms. The molecule has 0 aliphatic carbocycles. The molecule has 0 fully saturated rings. The third-order valence-corrected chi connectivity index (χ3v) is 1.32. The van der Waals surface area contributed by atoms with Crippen molar-refractivity contribution in [1.29, 1.82) is 0 Å². The summed E-state index contributed by atoms with van der Waals surface area (Å²) >= 11 is 0. The molecule has 0 aliphatic heterocycles. The largest absolute Gasteiger partial charge is 0.345 e. The van der Waals surface area contributed by atoms with Crippen LogP contribution in [0.15, 0.2) is 4.63 Å². The van der Waals surface area contributed by atoms with Crippen molar-refractivity contribution in [1.82, 2.24) is 10.3 Å². The third kappa shape index (κ3) is 2.23. The first-order chi connectivity index (χ1) is 5.74. The molecule has 1 aromatic heterocycles. The molecule has 0 radical (unpaired) electrons. The number of aryl methyl sites for hydroxylation is 1. The highest BCUT2D eigenvalue weighted by Crippen LogP contribution is 2.07. The predicted molar refractivity (Wildman–Crippen MR) is 34.5 cm³/mol. The van der Waals surface area contributed by atoms with E-state index in [-0.39, 0.29) is 6.61 Å². The van der Waals surface area contributed by atoms with Crippen LogP contribution in [0.1, 0.15) is 18.3 Å². The van der Waals surface area contributed by atoms with E-state index in [0.717, 1.165) is 0 Å². The summed E-state index contributed by atoms with van der Waals surface area (Å²) in [5, 5.41) is 6.92. The maximum atomic E-state index is 11.6. The van der Waals surface area contributed by atoms with Gasteiger partial charge in [-0.05, 0) is 6.42 Å². The highest BCUT2D eigenvalue weighted by atomic mass is 19.3. The molecule has 0 N–H and O–H groups in total. The Hall–Kier alpha value is -1.04. The van der Waals surface area contributed by atoms with Crippen LogP contribution in [0.5, 0.6) is 0 Å². The van der Waals surface area contributed by atoms with Gasteiger partial charge in [-0.1, -0.05) is 17.2 Å². The molecule has 0 atom stereocenters. The maximum Gasteiger partial charge on any atom is 0.345 e. The summed E-state index contributed by atoms with van der Waals surface area (Å²) in [4.78, 5) is 0. The smallest absolute Gasteiger partial charge is 0.316 e. The molecule has 1 heterocycles. The monoisotopic (exact) mass is 178 g/mol. The standard InChI is InChI=1S/C6H8F2N2O2/c1-2-4-5(10-12-9-4)3-11-6(7)8/h6H,2-3H2,1H3. The van der Waals surface area contributed by atoms with Crippen LogP contribution in [-0.2, 0) is 17.8 Å². The van der Waals surface area contributed by atoms with Gasteiger partial charge in [0.25, 0.3) is 0 Å². The van der Waals surface area contributed by atoms with Crippen molar-refractivity contribution < 1.29 is 18.1 Å². The molecule has 1 aromatic rings. The molecule has 68 valence electrons. The van der Waals surface area contributed by atoms with Crippen molar-refractivity contribution in [3.63, 3.8) is 0 Å². The quantitative estimate of drug-likeness (QED) is 0.698. The van der Waals surface area contributed by atoms with E-state index >= 15 is 0 Å². The second-order valence-electron chi connectivity index (χ2n) is 2.08. The molecule has 1 rings (SSSR count). The number of hydrogen-bond acceptors (Lipinski definition) is 4. The van der Waals surface area contributed by atoms with Gasteiger partial charge in [-0.25, -0.2) is 4.63 Å². The molecular weight excluding hydrogens is 170 g/mol. The van der Waals surface area contributed by atoms with E-state index in [4.69, 9.17) is 0 Å². The maximum absolute atomic E-state index is 11.6. The summed E-state index contributed by atoms with van der Waals surface area (Å²) in [5.41, 5.74) is 0.883. The molecule has 0 saturated heterocycles. The number of nitrogens with zero attached hydrogens (tertiary/aromatic N) is 2. The van der Waals surface area contributed by atoms with Gasteiger partial charge in [0, 0.05) is 0 Å². The molecule has 0 spiro atoms. The van der Waals surface area contributed by atoms with Crippen molar-refractivity contribution in [3.05, 3.63) is 11.4 Å². The Kier molecular flexibility index (Phi) is 3.09. The Morgan fingerprint density at radius 3 is 2.67 bits per heavy atom. The van der Waals surface area contributed by atoms with E-state index in [0.29, 0.717) is 17.8 Å². The number of ether oxygens (including phenoxy) is 1. The highest BCUT2D eigenvalue weighted by Gasteiger charge is 2.10. The Morgan fingerprint density at radius 2 is 2.08 bits per heavy atom. The van der Waals surface area contributed by atoms with Crippen LogP contribution in [0, 0.1) is 0 Å². The van der Waals surface area contributed by atoms with Crippen LogP contribution in [0.3, 0.4) is 0 Å². The zero-order valence-electron chi connectivity index (χ0n) is 6.46. The van der Waals surface area contributed by atoms with Crippen molar-refractivity contribution in [3.8, 4) is 0 Å². The Labute approximate surface area is 67.5 Å². The average Bonchev–Trinajstić information content (AvgIpc) is 2.47. The summed E-state index contributed by atoms with van der Waals surface area (Å²) in [6.07, 6.45) is 0.589. The molecule has 0 aromatic carbocycles. The minimum absolute atomic E-state index is 0.260. The summed E-state index contributed by atoms with van der Waals surface area (Å²) in [7, 11) is 0. The van der Waals surface area contributed by atoms with Crippen LogP contribution in [-0.4, -0.2) is 16.9 Å². The van der Waals surface area contributed by atoms with Gasteiger partial charge < -0.3 is 4.74 Å². The number of aromatic nitrogens is 2. The van der Waals surface area contributed by atoms with Gasteiger partial charge in [-0.2, -0.15) is 8.78 Å². The fourth-order valence-electron chi connectivity index (χ4n) is 0.745. The van der Waals surface area contributed by atoms with Gasteiger partial charge in [-0.15, -0.1) is 0 Å². The van der Waals surface area contributed by atoms with E-state index in [1.54, 1.807) is 0 Å². The number of hydrogen-bond donors (Lipinski definition) is 0. The van der Waals surface area contributed by atoms with Gasteiger partial charge in [0.2, 0.25) is 0 Å². The molecule has 0 saturated carbocycles.